The zero-order chi connectivity index (χ0) is 8.41. The third-order valence-corrected chi connectivity index (χ3v) is 2.62. The molecule has 0 saturated carbocycles. The van der Waals surface area contributed by atoms with E-state index in [-0.39, 0.29) is 11.0 Å². The van der Waals surface area contributed by atoms with Gasteiger partial charge in [0.2, 0.25) is 0 Å². The largest absolute Gasteiger partial charge is 0.325 e. The highest BCUT2D eigenvalue weighted by atomic mass is 14.7. The van der Waals surface area contributed by atoms with E-state index in [1.54, 1.807) is 0 Å². The molecule has 0 radical (unpaired) electrons. The van der Waals surface area contributed by atoms with Crippen molar-refractivity contribution in [3.05, 3.63) is 0 Å². The van der Waals surface area contributed by atoms with Crippen LogP contribution in [0.15, 0.2) is 0 Å². The van der Waals surface area contributed by atoms with E-state index in [2.05, 4.69) is 34.6 Å². The molecule has 0 aliphatic rings. The van der Waals surface area contributed by atoms with E-state index in [1.807, 2.05) is 0 Å². The summed E-state index contributed by atoms with van der Waals surface area (Å²) in [6.45, 7) is 10.9. The van der Waals surface area contributed by atoms with E-state index in [9.17, 15) is 0 Å². The Labute approximate surface area is 65.0 Å². The minimum absolute atomic E-state index is 0.0526. The van der Waals surface area contributed by atoms with E-state index >= 15 is 0 Å². The average Bonchev–Trinajstić information content (AvgIpc) is 1.61. The van der Waals surface area contributed by atoms with Gasteiger partial charge in [0.1, 0.15) is 0 Å². The lowest BCUT2D eigenvalue weighted by Crippen LogP contribution is -2.47. The first-order valence-corrected chi connectivity index (χ1v) is 4.10. The molecule has 0 unspecified atom stereocenters. The van der Waals surface area contributed by atoms with Crippen molar-refractivity contribution in [1.82, 2.24) is 0 Å². The van der Waals surface area contributed by atoms with Gasteiger partial charge < -0.3 is 5.73 Å². The molecule has 62 valence electrons. The molecule has 0 aromatic heterocycles. The van der Waals surface area contributed by atoms with Crippen molar-refractivity contribution in [2.75, 3.05) is 0 Å². The molecule has 0 atom stereocenters. The fourth-order valence-corrected chi connectivity index (χ4v) is 0.947. The molecule has 0 rings (SSSR count). The van der Waals surface area contributed by atoms with Gasteiger partial charge in [-0.25, -0.2) is 0 Å². The van der Waals surface area contributed by atoms with Crippen molar-refractivity contribution in [3.8, 4) is 0 Å². The van der Waals surface area contributed by atoms with E-state index in [1.165, 1.54) is 12.8 Å². The molecule has 0 aromatic rings. The standard InChI is InChI=1S/C9H21N/c1-6-7-8(2,3)9(4,5)10/h6-7,10H2,1-5H3. The van der Waals surface area contributed by atoms with Crippen molar-refractivity contribution in [2.24, 2.45) is 11.1 Å². The molecule has 0 heterocycles. The summed E-state index contributed by atoms with van der Waals surface area (Å²) in [4.78, 5) is 0. The molecule has 0 aliphatic carbocycles. The SMILES string of the molecule is CCCC(C)(C)C(C)(C)N. The van der Waals surface area contributed by atoms with Gasteiger partial charge in [-0.15, -0.1) is 0 Å². The number of hydrogen-bond donors (Lipinski definition) is 1. The van der Waals surface area contributed by atoms with E-state index < -0.39 is 0 Å². The summed E-state index contributed by atoms with van der Waals surface area (Å²) in [5, 5.41) is 0. The zero-order valence-electron chi connectivity index (χ0n) is 7.99. The summed E-state index contributed by atoms with van der Waals surface area (Å²) in [5.74, 6) is 0. The lowest BCUT2D eigenvalue weighted by atomic mass is 9.72. The number of rotatable bonds is 3. The molecule has 0 amide bonds. The minimum atomic E-state index is -0.0526. The molecule has 0 bridgehead atoms. The average molecular weight is 143 g/mol. The second-order valence-corrected chi connectivity index (χ2v) is 4.36. The van der Waals surface area contributed by atoms with Crippen LogP contribution in [-0.4, -0.2) is 5.54 Å². The molecule has 0 aliphatic heterocycles. The Morgan fingerprint density at radius 2 is 1.50 bits per heavy atom. The molecular formula is C9H21N. The topological polar surface area (TPSA) is 26.0 Å². The summed E-state index contributed by atoms with van der Waals surface area (Å²) < 4.78 is 0. The third-order valence-electron chi connectivity index (χ3n) is 2.62. The van der Waals surface area contributed by atoms with Gasteiger partial charge in [-0.05, 0) is 25.7 Å². The third kappa shape index (κ3) is 2.30. The van der Waals surface area contributed by atoms with Gasteiger partial charge in [-0.3, -0.25) is 0 Å². The minimum Gasteiger partial charge on any atom is -0.325 e. The van der Waals surface area contributed by atoms with Gasteiger partial charge in [0.15, 0.2) is 0 Å². The molecule has 1 nitrogen and oxygen atoms in total. The van der Waals surface area contributed by atoms with Crippen LogP contribution >= 0.6 is 0 Å². The van der Waals surface area contributed by atoms with Gasteiger partial charge in [0, 0.05) is 5.54 Å². The first-order chi connectivity index (χ1) is 4.31. The summed E-state index contributed by atoms with van der Waals surface area (Å²) >= 11 is 0. The molecule has 10 heavy (non-hydrogen) atoms. The molecule has 1 heteroatoms. The number of nitrogens with two attached hydrogens (primary N) is 1. The monoisotopic (exact) mass is 143 g/mol. The predicted molar refractivity (Wildman–Crippen MR) is 47.0 cm³/mol. The summed E-state index contributed by atoms with van der Waals surface area (Å²) in [6.07, 6.45) is 2.42. The molecule has 0 fully saturated rings. The first kappa shape index (κ1) is 9.96. The van der Waals surface area contributed by atoms with E-state index in [0.29, 0.717) is 0 Å². The van der Waals surface area contributed by atoms with E-state index in [4.69, 9.17) is 5.73 Å². The highest BCUT2D eigenvalue weighted by molar-refractivity contribution is 4.89. The van der Waals surface area contributed by atoms with Gasteiger partial charge in [0.05, 0.1) is 0 Å². The smallest absolute Gasteiger partial charge is 0.0148 e. The van der Waals surface area contributed by atoms with Crippen molar-refractivity contribution >= 4 is 0 Å². The summed E-state index contributed by atoms with van der Waals surface area (Å²) in [7, 11) is 0. The molecule has 2 N–H and O–H groups in total. The van der Waals surface area contributed by atoms with Gasteiger partial charge in [0.25, 0.3) is 0 Å². The molecule has 0 spiro atoms. The highest BCUT2D eigenvalue weighted by Crippen LogP contribution is 2.32. The van der Waals surface area contributed by atoms with E-state index in [0.717, 1.165) is 0 Å². The van der Waals surface area contributed by atoms with Crippen molar-refractivity contribution in [2.45, 2.75) is 53.0 Å². The Bertz CT molecular complexity index is 97.8. The van der Waals surface area contributed by atoms with Crippen LogP contribution in [0.2, 0.25) is 0 Å². The maximum Gasteiger partial charge on any atom is 0.0148 e. The molecular weight excluding hydrogens is 122 g/mol. The Morgan fingerprint density at radius 3 is 1.60 bits per heavy atom. The predicted octanol–water partition coefficient (Wildman–Crippen LogP) is 2.55. The fraction of sp³-hybridized carbons (Fsp3) is 1.00. The lowest BCUT2D eigenvalue weighted by molar-refractivity contribution is 0.184. The van der Waals surface area contributed by atoms with Crippen LogP contribution in [0.25, 0.3) is 0 Å². The van der Waals surface area contributed by atoms with Crippen LogP contribution in [0, 0.1) is 5.41 Å². The normalized spacial score (nSPS) is 13.8. The summed E-state index contributed by atoms with van der Waals surface area (Å²) in [6, 6.07) is 0. The Balaban J connectivity index is 4.10. The Morgan fingerprint density at radius 1 is 1.10 bits per heavy atom. The van der Waals surface area contributed by atoms with Crippen molar-refractivity contribution in [1.29, 1.82) is 0 Å². The van der Waals surface area contributed by atoms with Crippen LogP contribution < -0.4 is 5.73 Å². The maximum atomic E-state index is 6.00. The summed E-state index contributed by atoms with van der Waals surface area (Å²) in [5.41, 5.74) is 6.21. The quantitative estimate of drug-likeness (QED) is 0.645. The maximum absolute atomic E-state index is 6.00. The second-order valence-electron chi connectivity index (χ2n) is 4.36. The second kappa shape index (κ2) is 2.91. The molecule has 0 aromatic carbocycles. The lowest BCUT2D eigenvalue weighted by Gasteiger charge is -2.38. The van der Waals surface area contributed by atoms with Crippen LogP contribution in [0.1, 0.15) is 47.5 Å². The highest BCUT2D eigenvalue weighted by Gasteiger charge is 2.31. The van der Waals surface area contributed by atoms with Crippen LogP contribution in [0.4, 0.5) is 0 Å². The fourth-order valence-electron chi connectivity index (χ4n) is 0.947. The van der Waals surface area contributed by atoms with Crippen molar-refractivity contribution < 1.29 is 0 Å². The Hall–Kier alpha value is -0.0400. The van der Waals surface area contributed by atoms with Gasteiger partial charge in [-0.1, -0.05) is 27.2 Å². The number of hydrogen-bond acceptors (Lipinski definition) is 1. The van der Waals surface area contributed by atoms with Gasteiger partial charge >= 0.3 is 0 Å². The first-order valence-electron chi connectivity index (χ1n) is 4.10. The van der Waals surface area contributed by atoms with Crippen molar-refractivity contribution in [3.63, 3.8) is 0 Å². The van der Waals surface area contributed by atoms with Crippen LogP contribution in [-0.2, 0) is 0 Å². The Kier molecular flexibility index (Phi) is 2.90. The van der Waals surface area contributed by atoms with Crippen LogP contribution in [0.5, 0.6) is 0 Å². The van der Waals surface area contributed by atoms with Gasteiger partial charge in [-0.2, -0.15) is 0 Å². The zero-order valence-corrected chi connectivity index (χ0v) is 7.99. The molecule has 0 saturated heterocycles. The van der Waals surface area contributed by atoms with Crippen LogP contribution in [0.3, 0.4) is 0 Å².